The van der Waals surface area contributed by atoms with Crippen LogP contribution in [0.4, 0.5) is 0 Å². The van der Waals surface area contributed by atoms with Crippen LogP contribution < -0.4 is 0 Å². The van der Waals surface area contributed by atoms with Gasteiger partial charge in [0.2, 0.25) is 0 Å². The molecule has 0 aliphatic carbocycles. The number of thiol groups is 1. The van der Waals surface area contributed by atoms with Crippen molar-refractivity contribution in [3.63, 3.8) is 0 Å². The molecule has 21 saturated heterocycles. The van der Waals surface area contributed by atoms with Crippen LogP contribution in [0.1, 0.15) is 70.6 Å². The number of hydrogen-bond acceptors (Lipinski definition) is 36. The predicted octanol–water partition coefficient (Wildman–Crippen LogP) is -10.6. The van der Waals surface area contributed by atoms with Crippen molar-refractivity contribution in [2.75, 3.05) is 45.4 Å². The molecule has 0 aromatic carbocycles. The average Bonchev–Trinajstić information content (AvgIpc) is 0.935. The first-order valence-electron chi connectivity index (χ1n) is 30.7. The molecule has 0 radical (unpaired) electrons. The van der Waals surface area contributed by atoms with Crippen molar-refractivity contribution in [3.8, 4) is 0 Å². The maximum atomic E-state index is 11.9. The highest BCUT2D eigenvalue weighted by molar-refractivity contribution is 7.80. The number of unbranched alkanes of at least 4 members (excludes halogenated alkanes) is 9. The molecule has 21 heterocycles. The van der Waals surface area contributed by atoms with E-state index in [4.69, 9.17) is 66.3 Å². The van der Waals surface area contributed by atoms with Crippen LogP contribution in [0.5, 0.6) is 0 Å². The van der Waals surface area contributed by atoms with Crippen molar-refractivity contribution in [1.29, 1.82) is 0 Å². The van der Waals surface area contributed by atoms with Gasteiger partial charge in [-0.15, -0.1) is 0 Å². The third-order valence-electron chi connectivity index (χ3n) is 17.8. The van der Waals surface area contributed by atoms with Crippen molar-refractivity contribution in [3.05, 3.63) is 0 Å². The van der Waals surface area contributed by atoms with Gasteiger partial charge in [-0.25, -0.2) is 0 Å². The van der Waals surface area contributed by atoms with E-state index in [2.05, 4.69) is 12.6 Å². The number of aliphatic hydroxyl groups excluding tert-OH is 21. The van der Waals surface area contributed by atoms with Crippen molar-refractivity contribution >= 4 is 12.6 Å². The third kappa shape index (κ3) is 16.7. The molecule has 36 atom stereocenters. The Morgan fingerprint density at radius 3 is 0.644 bits per heavy atom. The fraction of sp³-hybridized carbons (Fsp3) is 1.00. The Kier molecular flexibility index (Phi) is 28.6. The van der Waals surface area contributed by atoms with Gasteiger partial charge in [0.05, 0.1) is 45.7 Å². The molecule has 0 spiro atoms. The number of hydrogen-bond donors (Lipinski definition) is 22. The summed E-state index contributed by atoms with van der Waals surface area (Å²) in [6.07, 6.45) is -63.2. The van der Waals surface area contributed by atoms with E-state index in [1.54, 1.807) is 0 Å². The first-order chi connectivity index (χ1) is 43.1. The van der Waals surface area contributed by atoms with Gasteiger partial charge in [-0.2, -0.15) is 12.6 Å². The van der Waals surface area contributed by atoms with Gasteiger partial charge < -0.3 is 174 Å². The second-order valence-corrected chi connectivity index (χ2v) is 24.5. The van der Waals surface area contributed by atoms with Crippen molar-refractivity contribution in [1.82, 2.24) is 0 Å². The zero-order chi connectivity index (χ0) is 65.4. The van der Waals surface area contributed by atoms with Crippen LogP contribution in [0.2, 0.25) is 0 Å². The molecule has 21 aliphatic rings. The SMILES string of the molecule is OC[C@H]1O[C@@H]2O[C@H]3[C@H](O)[C@@H](O)[C@@H](O[C@H]4[C@H](O)[C@@H](O)[C@@H](O[C@H]5[C@H](O)[C@@H](O)[C@@H](O[C@H]6[C@H](O)[C@@H](O)[C@@H](O[C@H]7[C@H](O)[C@@H](O)[C@@H](O[C@H]8[C@H](O)[C@@H](O)[C@H](O[C@H]1[C@H](O)[C@H]2O)O[C@@H]8C(O)CCCCCCCCCCCCS)O[C@@H]7CO)O[C@@H]6CO)O[C@@H]5CO)O[C@@H]4CO)O[C@@H]3CO. The molecule has 0 saturated carbocycles. The quantitative estimate of drug-likeness (QED) is 0.0422. The first kappa shape index (κ1) is 74.7. The van der Waals surface area contributed by atoms with E-state index in [1.165, 1.54) is 0 Å². The Morgan fingerprint density at radius 1 is 0.233 bits per heavy atom. The second kappa shape index (κ2) is 34.4. The summed E-state index contributed by atoms with van der Waals surface area (Å²) in [4.78, 5) is 0. The summed E-state index contributed by atoms with van der Waals surface area (Å²) in [5.41, 5.74) is 0. The van der Waals surface area contributed by atoms with Gasteiger partial charge in [-0.3, -0.25) is 0 Å². The summed E-state index contributed by atoms with van der Waals surface area (Å²) < 4.78 is 81.5. The Labute approximate surface area is 521 Å². The van der Waals surface area contributed by atoms with Crippen LogP contribution in [0.3, 0.4) is 0 Å². The van der Waals surface area contributed by atoms with Crippen LogP contribution in [0.25, 0.3) is 0 Å². The summed E-state index contributed by atoms with van der Waals surface area (Å²) in [6.45, 7) is -6.29. The molecule has 35 nitrogen and oxygen atoms in total. The predicted molar refractivity (Wildman–Crippen MR) is 292 cm³/mol. The fourth-order valence-corrected chi connectivity index (χ4v) is 12.8. The van der Waals surface area contributed by atoms with Gasteiger partial charge in [0, 0.05) is 0 Å². The molecule has 21 N–H and O–H groups in total. The topological polar surface area (TPSA) is 554 Å². The summed E-state index contributed by atoms with van der Waals surface area (Å²) in [5, 5.41) is 236. The number of rotatable bonds is 19. The molecule has 0 aromatic heterocycles. The maximum Gasteiger partial charge on any atom is 0.187 e. The van der Waals surface area contributed by atoms with Gasteiger partial charge in [0.15, 0.2) is 44.0 Å². The van der Waals surface area contributed by atoms with Crippen molar-refractivity contribution in [2.45, 2.75) is 292 Å². The molecule has 36 heteroatoms. The van der Waals surface area contributed by atoms with E-state index in [1.807, 2.05) is 0 Å². The highest BCUT2D eigenvalue weighted by Gasteiger charge is 2.60. The first-order valence-corrected chi connectivity index (χ1v) is 31.3. The zero-order valence-corrected chi connectivity index (χ0v) is 50.0. The maximum absolute atomic E-state index is 11.9. The summed E-state index contributed by atoms with van der Waals surface area (Å²) >= 11 is 4.25. The summed E-state index contributed by atoms with van der Waals surface area (Å²) in [6, 6.07) is 0. The van der Waals surface area contributed by atoms with Gasteiger partial charge >= 0.3 is 0 Å². The molecule has 0 amide bonds. The molecular weight excluding hydrogens is 1240 g/mol. The molecule has 90 heavy (non-hydrogen) atoms. The second-order valence-electron chi connectivity index (χ2n) is 24.0. The van der Waals surface area contributed by atoms with Gasteiger partial charge in [0.25, 0.3) is 0 Å². The minimum absolute atomic E-state index is 0.0379. The lowest BCUT2D eigenvalue weighted by molar-refractivity contribution is -0.399. The summed E-state index contributed by atoms with van der Waals surface area (Å²) in [7, 11) is 0. The molecule has 21 rings (SSSR count). The van der Waals surface area contributed by atoms with Crippen molar-refractivity contribution in [2.24, 2.45) is 0 Å². The fourth-order valence-electron chi connectivity index (χ4n) is 12.6. The van der Waals surface area contributed by atoms with Gasteiger partial charge in [-0.1, -0.05) is 57.8 Å². The van der Waals surface area contributed by atoms with E-state index >= 15 is 0 Å². The van der Waals surface area contributed by atoms with Crippen molar-refractivity contribution < 1.29 is 174 Å². The van der Waals surface area contributed by atoms with E-state index in [-0.39, 0.29) is 6.42 Å². The van der Waals surface area contributed by atoms with Gasteiger partial charge in [0.1, 0.15) is 171 Å². The molecular formula is C54H94O35S. The molecule has 0 aromatic rings. The normalized spacial score (nSPS) is 49.5. The molecule has 14 bridgehead atoms. The lowest BCUT2D eigenvalue weighted by Crippen LogP contribution is -2.69. The highest BCUT2D eigenvalue weighted by atomic mass is 32.1. The smallest absolute Gasteiger partial charge is 0.187 e. The Hall–Kier alpha value is -1.05. The van der Waals surface area contributed by atoms with E-state index in [0.29, 0.717) is 12.8 Å². The lowest BCUT2D eigenvalue weighted by Gasteiger charge is -2.50. The van der Waals surface area contributed by atoms with E-state index in [9.17, 15) is 107 Å². The van der Waals surface area contributed by atoms with Crippen LogP contribution in [-0.2, 0) is 66.3 Å². The minimum Gasteiger partial charge on any atom is -0.394 e. The standard InChI is InChI=1S/C54H94O35S/c55-13-20-41-27(63)34(70)49(77-20)85-43-22(15-57)79-51(36(72)29(43)65)87-45-24(17-59)81-53(38(74)31(45)67)89-47-32(68)39(75)54(82-40(47)19(61)11-9-7-5-3-1-2-4-6-8-10-12-90)88-46-25(18-60)80-52(37(73)30(46)66)86-44-23(16-58)78-50(35(71)28(44)64)84-42-21(14-56)76-48(83-41)33(69)26(42)62/h19-75,90H,1-18H2/t19?,20-,21-,22-,23-,24-,25-,26-,27-,28-,29-,30-,31-,32-,33-,34-,35-,36-,37-,38-,39-,40-,41-,42-,43-,44-,45-,46-,47+,48-,49-,50-,51-,52-,53-,54+/m1/s1. The van der Waals surface area contributed by atoms with E-state index in [0.717, 1.165) is 57.1 Å². The average molecular weight is 1340 g/mol. The van der Waals surface area contributed by atoms with E-state index < -0.39 is 261 Å². The highest BCUT2D eigenvalue weighted by Crippen LogP contribution is 2.40. The molecule has 1 unspecified atom stereocenters. The Morgan fingerprint density at radius 2 is 0.422 bits per heavy atom. The van der Waals surface area contributed by atoms with Crippen LogP contribution in [-0.4, -0.2) is 374 Å². The monoisotopic (exact) mass is 1330 g/mol. The lowest BCUT2D eigenvalue weighted by atomic mass is 9.91. The number of ether oxygens (including phenoxy) is 14. The zero-order valence-electron chi connectivity index (χ0n) is 49.1. The number of aliphatic hydroxyl groups is 21. The Balaban J connectivity index is 1.07. The largest absolute Gasteiger partial charge is 0.394 e. The molecule has 21 aliphatic heterocycles. The van der Waals surface area contributed by atoms with Crippen LogP contribution in [0, 0.1) is 0 Å². The minimum atomic E-state index is -2.23. The third-order valence-corrected chi connectivity index (χ3v) is 18.1. The van der Waals surface area contributed by atoms with Crippen LogP contribution in [0.15, 0.2) is 0 Å². The van der Waals surface area contributed by atoms with Gasteiger partial charge in [-0.05, 0) is 18.6 Å². The molecule has 526 valence electrons. The molecule has 21 fully saturated rings. The summed E-state index contributed by atoms with van der Waals surface area (Å²) in [5.74, 6) is 0.831. The van der Waals surface area contributed by atoms with Crippen LogP contribution >= 0.6 is 12.6 Å². The Bertz CT molecular complexity index is 2070.